The molecule has 1 aromatic carbocycles. The number of pyridine rings is 2. The van der Waals surface area contributed by atoms with Crippen LogP contribution in [0.3, 0.4) is 0 Å². The van der Waals surface area contributed by atoms with E-state index in [2.05, 4.69) is 5.32 Å². The summed E-state index contributed by atoms with van der Waals surface area (Å²) in [5.74, 6) is -4.56. The number of carboxylic acids is 2. The first-order valence-corrected chi connectivity index (χ1v) is 20.9. The highest BCUT2D eigenvalue weighted by molar-refractivity contribution is 5.91. The second kappa shape index (κ2) is 23.9. The van der Waals surface area contributed by atoms with E-state index < -0.39 is 73.4 Å². The van der Waals surface area contributed by atoms with Gasteiger partial charge in [0, 0.05) is 22.4 Å². The zero-order valence-corrected chi connectivity index (χ0v) is 36.1. The number of fused-ring (bicyclic) bond motifs is 5. The molecule has 1 amide bonds. The van der Waals surface area contributed by atoms with Crippen molar-refractivity contribution in [2.75, 3.05) is 92.4 Å². The summed E-state index contributed by atoms with van der Waals surface area (Å²) in [5.41, 5.74) is 1.31. The third-order valence-electron chi connectivity index (χ3n) is 10.3. The van der Waals surface area contributed by atoms with Crippen LogP contribution in [-0.2, 0) is 91.8 Å². The number of amides is 1. The molecule has 21 heteroatoms. The smallest absolute Gasteiger partial charge is 0.355 e. The molecule has 350 valence electrons. The molecule has 2 aliphatic rings. The number of esters is 2. The zero-order valence-electron chi connectivity index (χ0n) is 36.1. The zero-order chi connectivity index (χ0) is 46.2. The summed E-state index contributed by atoms with van der Waals surface area (Å²) in [6.07, 6.45) is -0.0354. The van der Waals surface area contributed by atoms with Crippen LogP contribution in [0.25, 0.3) is 22.3 Å². The van der Waals surface area contributed by atoms with Crippen molar-refractivity contribution in [3.05, 3.63) is 56.9 Å². The average Bonchev–Trinajstić information content (AvgIpc) is 3.63. The molecule has 3 atom stereocenters. The predicted molar refractivity (Wildman–Crippen MR) is 222 cm³/mol. The molecule has 0 saturated carbocycles. The first-order valence-electron chi connectivity index (χ1n) is 20.9. The number of phenolic OH excluding ortho intramolecular Hbond substituents is 1. The van der Waals surface area contributed by atoms with Crippen LogP contribution in [0.5, 0.6) is 5.75 Å². The molecule has 2 aromatic heterocycles. The Morgan fingerprint density at radius 3 is 2.17 bits per heavy atom. The predicted octanol–water partition coefficient (Wildman–Crippen LogP) is 1.30. The summed E-state index contributed by atoms with van der Waals surface area (Å²) in [5, 5.41) is 30.7. The number of cyclic esters (lactones) is 1. The van der Waals surface area contributed by atoms with Gasteiger partial charge in [-0.1, -0.05) is 20.8 Å². The van der Waals surface area contributed by atoms with Crippen LogP contribution in [0, 0.1) is 5.92 Å². The molecule has 4 heterocycles. The third-order valence-corrected chi connectivity index (χ3v) is 10.3. The van der Waals surface area contributed by atoms with E-state index in [0.29, 0.717) is 36.5 Å². The number of benzene rings is 1. The van der Waals surface area contributed by atoms with Crippen molar-refractivity contribution in [1.82, 2.24) is 14.9 Å². The van der Waals surface area contributed by atoms with Crippen LogP contribution in [-0.4, -0.2) is 153 Å². The molecule has 3 aromatic rings. The summed E-state index contributed by atoms with van der Waals surface area (Å²) in [4.78, 5) is 79.4. The van der Waals surface area contributed by atoms with Crippen molar-refractivity contribution in [3.8, 4) is 17.1 Å². The highest BCUT2D eigenvalue weighted by Gasteiger charge is 2.50. The Kier molecular flexibility index (Phi) is 18.5. The largest absolute Gasteiger partial charge is 0.508 e. The van der Waals surface area contributed by atoms with Gasteiger partial charge in [-0.3, -0.25) is 14.4 Å². The molecule has 0 radical (unpaired) electrons. The van der Waals surface area contributed by atoms with Gasteiger partial charge in [-0.2, -0.15) is 0 Å². The summed E-state index contributed by atoms with van der Waals surface area (Å²) < 4.78 is 50.8. The fourth-order valence-electron chi connectivity index (χ4n) is 7.25. The monoisotopic (exact) mass is 901 g/mol. The first kappa shape index (κ1) is 49.5. The number of aryl methyl sites for hydroxylation is 1. The third kappa shape index (κ3) is 13.0. The molecule has 21 nitrogen and oxygen atoms in total. The van der Waals surface area contributed by atoms with Crippen molar-refractivity contribution in [2.24, 2.45) is 5.92 Å². The fourth-order valence-corrected chi connectivity index (χ4v) is 7.25. The molecule has 0 saturated heterocycles. The number of hydrogen-bond acceptors (Lipinski definition) is 17. The molecular weight excluding hydrogens is 846 g/mol. The van der Waals surface area contributed by atoms with Gasteiger partial charge in [0.15, 0.2) is 0 Å². The number of aliphatic carboxylic acids is 2. The van der Waals surface area contributed by atoms with Crippen LogP contribution >= 0.6 is 0 Å². The number of carbonyl (C=O) groups is 5. The van der Waals surface area contributed by atoms with Crippen molar-refractivity contribution in [1.29, 1.82) is 0 Å². The van der Waals surface area contributed by atoms with Crippen LogP contribution in [0.2, 0.25) is 0 Å². The number of phenols is 1. The number of ether oxygens (including phenoxy) is 9. The molecule has 4 N–H and O–H groups in total. The highest BCUT2D eigenvalue weighted by atomic mass is 16.6. The molecule has 0 fully saturated rings. The topological polar surface area (TPSA) is 276 Å². The lowest BCUT2D eigenvalue weighted by Gasteiger charge is -2.35. The van der Waals surface area contributed by atoms with Crippen LogP contribution in [0.4, 0.5) is 0 Å². The minimum absolute atomic E-state index is 0.0146. The first-order chi connectivity index (χ1) is 30.8. The minimum atomic E-state index is -1.97. The maximum atomic E-state index is 14.0. The van der Waals surface area contributed by atoms with Gasteiger partial charge >= 0.3 is 23.9 Å². The molecule has 5 rings (SSSR count). The van der Waals surface area contributed by atoms with E-state index in [4.69, 9.17) is 57.8 Å². The Bertz CT molecular complexity index is 2190. The molecule has 0 spiro atoms. The number of carbonyl (C=O) groups excluding carboxylic acids is 3. The molecule has 0 bridgehead atoms. The van der Waals surface area contributed by atoms with Crippen LogP contribution in [0.1, 0.15) is 49.4 Å². The lowest BCUT2D eigenvalue weighted by atomic mass is 9.85. The van der Waals surface area contributed by atoms with Gasteiger partial charge in [0.2, 0.25) is 11.5 Å². The maximum Gasteiger partial charge on any atom is 0.355 e. The number of nitrogens with one attached hydrogen (secondary N) is 1. The van der Waals surface area contributed by atoms with E-state index in [1.165, 1.54) is 6.07 Å². The van der Waals surface area contributed by atoms with E-state index in [0.717, 1.165) is 16.5 Å². The molecule has 2 aliphatic heterocycles. The van der Waals surface area contributed by atoms with Crippen LogP contribution in [0.15, 0.2) is 29.1 Å². The lowest BCUT2D eigenvalue weighted by Crippen LogP contribution is -2.48. The number of aromatic nitrogens is 2. The lowest BCUT2D eigenvalue weighted by molar-refractivity contribution is -0.189. The summed E-state index contributed by atoms with van der Waals surface area (Å²) in [6, 6.07) is 6.52. The SMILES string of the molecule is CCc1c2c(nc3ccc(O)cc13)-c1cc3c(c(=O)n1C2)COC(=O)[C@@]3(CC)OC(=O)CNC(=O)COCCOC(COCCOCC(=O)O)COCC(C)COCCOCC(=O)O. The van der Waals surface area contributed by atoms with Gasteiger partial charge < -0.3 is 67.8 Å². The maximum absolute atomic E-state index is 14.0. The minimum Gasteiger partial charge on any atom is -0.508 e. The van der Waals surface area contributed by atoms with Crippen LogP contribution < -0.4 is 10.9 Å². The summed E-state index contributed by atoms with van der Waals surface area (Å²) in [6.45, 7) is 4.82. The van der Waals surface area contributed by atoms with Crippen molar-refractivity contribution in [2.45, 2.75) is 58.5 Å². The quantitative estimate of drug-likeness (QED) is 0.0442. The number of aromatic hydroxyl groups is 1. The van der Waals surface area contributed by atoms with Gasteiger partial charge in [-0.25, -0.2) is 19.4 Å². The van der Waals surface area contributed by atoms with Gasteiger partial charge in [0.05, 0.1) is 95.1 Å². The standard InChI is InChI=1S/C43H55N3O18/c1-4-29-30-14-27(47)6-7-34(30)45-40-31(29)17-46-35(40)15-33-32(41(46)54)22-63-42(55)43(33,5-2)64-39(53)16-44-36(48)23-58-12-13-62-28(20-57-9-11-60-25-38(51)52)21-61-19-26(3)18-56-8-10-59-24-37(49)50/h6-7,14-15,26,28,47H,4-5,8-13,16-25H2,1-3H3,(H,44,48)(H,49,50)(H,51,52)/t26?,28?,43-/m0/s1. The number of rotatable bonds is 29. The Balaban J connectivity index is 1.11. The second-order valence-corrected chi connectivity index (χ2v) is 15.0. The van der Waals surface area contributed by atoms with E-state index in [1.807, 2.05) is 13.8 Å². The van der Waals surface area contributed by atoms with E-state index in [1.54, 1.807) is 29.7 Å². The Labute approximate surface area is 367 Å². The van der Waals surface area contributed by atoms with E-state index >= 15 is 0 Å². The summed E-state index contributed by atoms with van der Waals surface area (Å²) in [7, 11) is 0. The Morgan fingerprint density at radius 2 is 1.48 bits per heavy atom. The molecule has 0 aliphatic carbocycles. The van der Waals surface area contributed by atoms with Gasteiger partial charge in [0.25, 0.3) is 5.56 Å². The number of nitrogens with zero attached hydrogens (tertiary/aromatic N) is 2. The number of carboxylic acid groups (broad SMARTS) is 2. The summed E-state index contributed by atoms with van der Waals surface area (Å²) >= 11 is 0. The fraction of sp³-hybridized carbons (Fsp3) is 0.558. The second-order valence-electron chi connectivity index (χ2n) is 15.0. The Hall–Kier alpha value is -5.55. The van der Waals surface area contributed by atoms with Crippen molar-refractivity contribution >= 4 is 40.7 Å². The highest BCUT2D eigenvalue weighted by Crippen LogP contribution is 2.42. The molecular formula is C43H55N3O18. The molecule has 64 heavy (non-hydrogen) atoms. The average molecular weight is 902 g/mol. The van der Waals surface area contributed by atoms with E-state index in [-0.39, 0.29) is 95.2 Å². The van der Waals surface area contributed by atoms with E-state index in [9.17, 15) is 33.9 Å². The molecule has 2 unspecified atom stereocenters. The number of hydrogen-bond donors (Lipinski definition) is 4. The van der Waals surface area contributed by atoms with Crippen molar-refractivity contribution < 1.29 is 81.9 Å². The normalized spacial score (nSPS) is 16.1. The van der Waals surface area contributed by atoms with Crippen molar-refractivity contribution in [3.63, 3.8) is 0 Å². The Morgan fingerprint density at radius 1 is 0.844 bits per heavy atom. The van der Waals surface area contributed by atoms with Gasteiger partial charge in [-0.05, 0) is 42.7 Å². The van der Waals surface area contributed by atoms with Gasteiger partial charge in [-0.15, -0.1) is 0 Å². The van der Waals surface area contributed by atoms with Gasteiger partial charge in [0.1, 0.15) is 44.8 Å².